The Kier molecular flexibility index (Phi) is 7.05. The van der Waals surface area contributed by atoms with Gasteiger partial charge in [0.1, 0.15) is 0 Å². The second-order valence-electron chi connectivity index (χ2n) is 6.39. The molecular weight excluding hydrogens is 334 g/mol. The van der Waals surface area contributed by atoms with Gasteiger partial charge in [-0.3, -0.25) is 14.2 Å². The van der Waals surface area contributed by atoms with Gasteiger partial charge in [-0.2, -0.15) is 0 Å². The van der Waals surface area contributed by atoms with Crippen LogP contribution in [0.25, 0.3) is 10.9 Å². The van der Waals surface area contributed by atoms with Crippen LogP contribution in [-0.2, 0) is 4.79 Å². The fourth-order valence-corrected chi connectivity index (χ4v) is 3.66. The molecule has 2 rings (SSSR count). The predicted molar refractivity (Wildman–Crippen MR) is 104 cm³/mol. The molecule has 0 fully saturated rings. The highest BCUT2D eigenvalue weighted by molar-refractivity contribution is 7.99. The van der Waals surface area contributed by atoms with Gasteiger partial charge < -0.3 is 5.32 Å². The highest BCUT2D eigenvalue weighted by atomic mass is 32.2. The lowest BCUT2D eigenvalue weighted by Crippen LogP contribution is -2.34. The highest BCUT2D eigenvalue weighted by Gasteiger charge is 2.17. The smallest absolute Gasteiger partial charge is 0.262 e. The maximum atomic E-state index is 12.9. The van der Waals surface area contributed by atoms with E-state index >= 15 is 0 Å². The molecule has 6 heteroatoms. The number of nitrogens with zero attached hydrogens (tertiary/aromatic N) is 2. The minimum atomic E-state index is -0.0396. The van der Waals surface area contributed by atoms with Gasteiger partial charge in [-0.05, 0) is 38.8 Å². The Balaban J connectivity index is 2.27. The molecule has 0 radical (unpaired) electrons. The lowest BCUT2D eigenvalue weighted by Gasteiger charge is -2.18. The molecule has 0 aliphatic heterocycles. The van der Waals surface area contributed by atoms with Crippen molar-refractivity contribution in [3.05, 3.63) is 34.6 Å². The molecule has 1 aromatic carbocycles. The topological polar surface area (TPSA) is 64.0 Å². The van der Waals surface area contributed by atoms with Crippen molar-refractivity contribution in [2.75, 3.05) is 5.75 Å². The number of thioether (sulfide) groups is 1. The van der Waals surface area contributed by atoms with E-state index in [4.69, 9.17) is 0 Å². The number of hydrogen-bond donors (Lipinski definition) is 1. The van der Waals surface area contributed by atoms with Crippen molar-refractivity contribution < 1.29 is 4.79 Å². The van der Waals surface area contributed by atoms with Crippen molar-refractivity contribution in [1.29, 1.82) is 0 Å². The molecule has 0 spiro atoms. The van der Waals surface area contributed by atoms with E-state index in [1.54, 1.807) is 10.6 Å². The van der Waals surface area contributed by atoms with Crippen LogP contribution in [0.4, 0.5) is 0 Å². The molecule has 136 valence electrons. The first kappa shape index (κ1) is 19.5. The van der Waals surface area contributed by atoms with Gasteiger partial charge in [-0.15, -0.1) is 0 Å². The van der Waals surface area contributed by atoms with E-state index in [0.29, 0.717) is 16.1 Å². The molecule has 0 bridgehead atoms. The monoisotopic (exact) mass is 361 g/mol. The summed E-state index contributed by atoms with van der Waals surface area (Å²) in [6.07, 6.45) is 2.82. The van der Waals surface area contributed by atoms with Gasteiger partial charge in [-0.25, -0.2) is 4.98 Å². The summed E-state index contributed by atoms with van der Waals surface area (Å²) in [5.41, 5.74) is 0.636. The summed E-state index contributed by atoms with van der Waals surface area (Å²) in [4.78, 5) is 29.7. The van der Waals surface area contributed by atoms with Crippen LogP contribution in [0.15, 0.2) is 34.2 Å². The number of fused-ring (bicyclic) bond motifs is 1. The van der Waals surface area contributed by atoms with Crippen LogP contribution in [0.5, 0.6) is 0 Å². The molecule has 1 heterocycles. The molecule has 0 saturated carbocycles. The van der Waals surface area contributed by atoms with Crippen LogP contribution in [0.2, 0.25) is 0 Å². The predicted octanol–water partition coefficient (Wildman–Crippen LogP) is 3.76. The summed E-state index contributed by atoms with van der Waals surface area (Å²) < 4.78 is 1.72. The molecule has 2 atom stereocenters. The average molecular weight is 362 g/mol. The largest absolute Gasteiger partial charge is 0.353 e. The number of nitrogens with one attached hydrogen (secondary N) is 1. The van der Waals surface area contributed by atoms with Gasteiger partial charge in [0.2, 0.25) is 5.91 Å². The van der Waals surface area contributed by atoms with E-state index in [-0.39, 0.29) is 29.3 Å². The second kappa shape index (κ2) is 9.04. The standard InChI is InChI=1S/C19H27N3O2S/c1-5-9-13(3)20-17(23)12-25-19-21-16-11-8-7-10-15(16)18(24)22(19)14(4)6-2/h7-8,10-11,13-14H,5-6,9,12H2,1-4H3,(H,20,23)/t13-,14-/m1/s1. The van der Waals surface area contributed by atoms with E-state index in [0.717, 1.165) is 19.3 Å². The Labute approximate surface area is 153 Å². The van der Waals surface area contributed by atoms with Crippen molar-refractivity contribution in [2.24, 2.45) is 0 Å². The van der Waals surface area contributed by atoms with E-state index in [1.807, 2.05) is 39.0 Å². The first-order valence-electron chi connectivity index (χ1n) is 8.91. The maximum Gasteiger partial charge on any atom is 0.262 e. The quantitative estimate of drug-likeness (QED) is 0.574. The van der Waals surface area contributed by atoms with E-state index in [2.05, 4.69) is 17.2 Å². The van der Waals surface area contributed by atoms with Crippen molar-refractivity contribution in [2.45, 2.75) is 64.2 Å². The Morgan fingerprint density at radius 2 is 2.00 bits per heavy atom. The molecule has 25 heavy (non-hydrogen) atoms. The van der Waals surface area contributed by atoms with Gasteiger partial charge in [-0.1, -0.05) is 44.2 Å². The SMILES string of the molecule is CCC[C@@H](C)NC(=O)CSc1nc2ccccc2c(=O)n1[C@H](C)CC. The second-order valence-corrected chi connectivity index (χ2v) is 7.33. The highest BCUT2D eigenvalue weighted by Crippen LogP contribution is 2.22. The van der Waals surface area contributed by atoms with Crippen LogP contribution in [0.3, 0.4) is 0 Å². The summed E-state index contributed by atoms with van der Waals surface area (Å²) in [6, 6.07) is 7.56. The molecule has 0 aliphatic carbocycles. The minimum Gasteiger partial charge on any atom is -0.353 e. The third kappa shape index (κ3) is 4.84. The zero-order valence-corrected chi connectivity index (χ0v) is 16.2. The lowest BCUT2D eigenvalue weighted by atomic mass is 10.2. The number of para-hydroxylation sites is 1. The van der Waals surface area contributed by atoms with Crippen molar-refractivity contribution in [3.63, 3.8) is 0 Å². The summed E-state index contributed by atoms with van der Waals surface area (Å²) >= 11 is 1.33. The van der Waals surface area contributed by atoms with Crippen molar-refractivity contribution in [1.82, 2.24) is 14.9 Å². The summed E-state index contributed by atoms with van der Waals surface area (Å²) in [6.45, 7) is 8.15. The minimum absolute atomic E-state index is 0.0240. The van der Waals surface area contributed by atoms with Crippen LogP contribution in [-0.4, -0.2) is 27.3 Å². The molecule has 1 N–H and O–H groups in total. The molecule has 2 aromatic rings. The number of hydrogen-bond acceptors (Lipinski definition) is 4. The van der Waals surface area contributed by atoms with Gasteiger partial charge >= 0.3 is 0 Å². The van der Waals surface area contributed by atoms with E-state index < -0.39 is 0 Å². The van der Waals surface area contributed by atoms with Gasteiger partial charge in [0.15, 0.2) is 5.16 Å². The first-order chi connectivity index (χ1) is 12.0. The summed E-state index contributed by atoms with van der Waals surface area (Å²) in [7, 11) is 0. The number of benzene rings is 1. The van der Waals surface area contributed by atoms with Crippen molar-refractivity contribution in [3.8, 4) is 0 Å². The third-order valence-corrected chi connectivity index (χ3v) is 5.22. The fourth-order valence-electron chi connectivity index (χ4n) is 2.75. The zero-order chi connectivity index (χ0) is 18.4. The van der Waals surface area contributed by atoms with E-state index in [1.165, 1.54) is 11.8 Å². The molecule has 0 aliphatic rings. The van der Waals surface area contributed by atoms with Crippen LogP contribution in [0, 0.1) is 0 Å². The average Bonchev–Trinajstić information content (AvgIpc) is 2.59. The number of rotatable bonds is 8. The van der Waals surface area contributed by atoms with Gasteiger partial charge in [0, 0.05) is 12.1 Å². The zero-order valence-electron chi connectivity index (χ0n) is 15.4. The van der Waals surface area contributed by atoms with Crippen LogP contribution < -0.4 is 10.9 Å². The molecule has 1 amide bonds. The molecule has 5 nitrogen and oxygen atoms in total. The van der Waals surface area contributed by atoms with Crippen LogP contribution >= 0.6 is 11.8 Å². The first-order valence-corrected chi connectivity index (χ1v) is 9.89. The normalized spacial score (nSPS) is 13.6. The van der Waals surface area contributed by atoms with Gasteiger partial charge in [0.05, 0.1) is 16.7 Å². The van der Waals surface area contributed by atoms with Gasteiger partial charge in [0.25, 0.3) is 5.56 Å². The Bertz CT molecular complexity index is 788. The Morgan fingerprint density at radius 1 is 1.28 bits per heavy atom. The van der Waals surface area contributed by atoms with Crippen molar-refractivity contribution >= 4 is 28.6 Å². The lowest BCUT2D eigenvalue weighted by molar-refractivity contribution is -0.119. The molecule has 0 saturated heterocycles. The van der Waals surface area contributed by atoms with Crippen LogP contribution in [0.1, 0.15) is 53.0 Å². The summed E-state index contributed by atoms with van der Waals surface area (Å²) in [5.74, 6) is 0.235. The Hall–Kier alpha value is -1.82. The summed E-state index contributed by atoms with van der Waals surface area (Å²) in [5, 5.41) is 4.22. The molecule has 0 unspecified atom stereocenters. The fraction of sp³-hybridized carbons (Fsp3) is 0.526. The number of carbonyl (C=O) groups is 1. The number of amides is 1. The third-order valence-electron chi connectivity index (χ3n) is 4.27. The number of carbonyl (C=O) groups excluding carboxylic acids is 1. The maximum absolute atomic E-state index is 12.9. The molecule has 1 aromatic heterocycles. The number of aromatic nitrogens is 2. The Morgan fingerprint density at radius 3 is 2.68 bits per heavy atom. The van der Waals surface area contributed by atoms with E-state index in [9.17, 15) is 9.59 Å². The molecular formula is C19H27N3O2S.